The largest absolute Gasteiger partial charge is 0.433 e. The smallest absolute Gasteiger partial charge is 0.355 e. The third-order valence-electron chi connectivity index (χ3n) is 5.67. The monoisotopic (exact) mass is 404 g/mol. The van der Waals surface area contributed by atoms with E-state index in [2.05, 4.69) is 29.9 Å². The van der Waals surface area contributed by atoms with Crippen molar-refractivity contribution in [1.29, 1.82) is 0 Å². The lowest BCUT2D eigenvalue weighted by atomic mass is 9.79. The lowest BCUT2D eigenvalue weighted by Crippen LogP contribution is -2.58. The van der Waals surface area contributed by atoms with Crippen molar-refractivity contribution >= 4 is 22.8 Å². The zero-order valence-corrected chi connectivity index (χ0v) is 16.0. The molecule has 0 aromatic carbocycles. The molecular weight excluding hydrogens is 385 g/mol. The van der Waals surface area contributed by atoms with Crippen LogP contribution in [0.3, 0.4) is 0 Å². The number of alkyl halides is 3. The molecule has 0 radical (unpaired) electrons. The fraction of sp³-hybridized carbons (Fsp3) is 0.500. The van der Waals surface area contributed by atoms with Gasteiger partial charge in [-0.15, -0.1) is 0 Å². The minimum atomic E-state index is -4.48. The fourth-order valence-corrected chi connectivity index (χ4v) is 4.23. The Kier molecular flexibility index (Phi) is 3.74. The van der Waals surface area contributed by atoms with Gasteiger partial charge < -0.3 is 9.80 Å². The van der Waals surface area contributed by atoms with Gasteiger partial charge in [0.1, 0.15) is 17.3 Å². The summed E-state index contributed by atoms with van der Waals surface area (Å²) in [6.45, 7) is 4.38. The Bertz CT molecular complexity index is 1090. The minimum Gasteiger partial charge on any atom is -0.355 e. The topological polar surface area (TPSA) is 75.9 Å². The predicted molar refractivity (Wildman–Crippen MR) is 99.6 cm³/mol. The highest BCUT2D eigenvalue weighted by atomic mass is 19.4. The molecule has 11 heteroatoms. The summed E-state index contributed by atoms with van der Waals surface area (Å²) in [5.74, 6) is 1.12. The molecule has 29 heavy (non-hydrogen) atoms. The quantitative estimate of drug-likeness (QED) is 0.648. The highest BCUT2D eigenvalue weighted by Crippen LogP contribution is 2.43. The van der Waals surface area contributed by atoms with E-state index in [1.807, 2.05) is 11.9 Å². The first-order valence-electron chi connectivity index (χ1n) is 9.30. The Morgan fingerprint density at radius 2 is 1.79 bits per heavy atom. The summed E-state index contributed by atoms with van der Waals surface area (Å²) in [5.41, 5.74) is -0.101. The van der Waals surface area contributed by atoms with Crippen LogP contribution in [0.4, 0.5) is 24.9 Å². The van der Waals surface area contributed by atoms with Crippen molar-refractivity contribution in [3.63, 3.8) is 0 Å². The van der Waals surface area contributed by atoms with E-state index >= 15 is 0 Å². The first kappa shape index (κ1) is 18.1. The first-order chi connectivity index (χ1) is 13.7. The third kappa shape index (κ3) is 3.04. The number of hydrogen-bond donors (Lipinski definition) is 0. The van der Waals surface area contributed by atoms with Crippen molar-refractivity contribution in [2.75, 3.05) is 36.0 Å². The lowest BCUT2D eigenvalue weighted by Gasteiger charge is -2.48. The van der Waals surface area contributed by atoms with Gasteiger partial charge in [0.05, 0.1) is 11.6 Å². The van der Waals surface area contributed by atoms with Crippen LogP contribution in [0.5, 0.6) is 0 Å². The number of anilines is 2. The van der Waals surface area contributed by atoms with Crippen LogP contribution in [0, 0.1) is 12.3 Å². The summed E-state index contributed by atoms with van der Waals surface area (Å²) in [5, 5.41) is 5.08. The number of hydrogen-bond acceptors (Lipinski definition) is 7. The number of rotatable bonds is 2. The Balaban J connectivity index is 1.32. The van der Waals surface area contributed by atoms with Crippen LogP contribution in [0.25, 0.3) is 11.0 Å². The van der Waals surface area contributed by atoms with Crippen LogP contribution in [0.15, 0.2) is 18.5 Å². The van der Waals surface area contributed by atoms with Crippen molar-refractivity contribution in [2.24, 2.45) is 12.5 Å². The van der Waals surface area contributed by atoms with Gasteiger partial charge >= 0.3 is 6.18 Å². The maximum absolute atomic E-state index is 13.0. The number of fused-ring (bicyclic) bond motifs is 1. The van der Waals surface area contributed by atoms with Crippen molar-refractivity contribution in [3.8, 4) is 0 Å². The zero-order chi connectivity index (χ0) is 20.4. The van der Waals surface area contributed by atoms with Gasteiger partial charge in [-0.1, -0.05) is 0 Å². The molecule has 3 aromatic heterocycles. The molecule has 2 aliphatic rings. The molecule has 152 valence electrons. The Hall–Kier alpha value is -2.98. The minimum absolute atomic E-state index is 0.0159. The van der Waals surface area contributed by atoms with Gasteiger partial charge in [0.15, 0.2) is 5.65 Å². The van der Waals surface area contributed by atoms with Crippen LogP contribution in [0.1, 0.15) is 17.9 Å². The van der Waals surface area contributed by atoms with E-state index in [0.717, 1.165) is 36.6 Å². The maximum atomic E-state index is 13.0. The van der Waals surface area contributed by atoms with E-state index in [9.17, 15) is 13.2 Å². The summed E-state index contributed by atoms with van der Waals surface area (Å²) >= 11 is 0. The van der Waals surface area contributed by atoms with Crippen molar-refractivity contribution in [2.45, 2.75) is 19.5 Å². The normalized spacial score (nSPS) is 18.7. The summed E-state index contributed by atoms with van der Waals surface area (Å²) in [6, 6.07) is 1.03. The molecule has 8 nitrogen and oxygen atoms in total. The van der Waals surface area contributed by atoms with Gasteiger partial charge in [-0.3, -0.25) is 4.68 Å². The molecule has 1 spiro atoms. The summed E-state index contributed by atoms with van der Waals surface area (Å²) in [6.07, 6.45) is -0.0399. The summed E-state index contributed by atoms with van der Waals surface area (Å²) in [4.78, 5) is 20.8. The van der Waals surface area contributed by atoms with Crippen LogP contribution in [0.2, 0.25) is 0 Å². The Labute approximate surface area is 164 Å². The number of aryl methyl sites for hydroxylation is 2. The van der Waals surface area contributed by atoms with Crippen LogP contribution < -0.4 is 9.80 Å². The second kappa shape index (κ2) is 6.01. The molecule has 0 N–H and O–H groups in total. The average molecular weight is 404 g/mol. The highest BCUT2D eigenvalue weighted by Gasteiger charge is 2.49. The van der Waals surface area contributed by atoms with Crippen LogP contribution >= 0.6 is 0 Å². The number of aromatic nitrogens is 6. The first-order valence-corrected chi connectivity index (χ1v) is 9.30. The fourth-order valence-electron chi connectivity index (χ4n) is 4.23. The molecule has 2 aliphatic heterocycles. The lowest BCUT2D eigenvalue weighted by molar-refractivity contribution is -0.141. The van der Waals surface area contributed by atoms with Gasteiger partial charge in [-0.05, 0) is 13.3 Å². The van der Waals surface area contributed by atoms with Gasteiger partial charge in [-0.25, -0.2) is 15.0 Å². The van der Waals surface area contributed by atoms with E-state index in [1.165, 1.54) is 6.92 Å². The van der Waals surface area contributed by atoms with Crippen molar-refractivity contribution < 1.29 is 13.2 Å². The van der Waals surface area contributed by atoms with Crippen molar-refractivity contribution in [3.05, 3.63) is 30.0 Å². The average Bonchev–Trinajstić information content (AvgIpc) is 3.24. The van der Waals surface area contributed by atoms with E-state index < -0.39 is 11.9 Å². The molecule has 0 amide bonds. The molecule has 3 aromatic rings. The molecule has 0 unspecified atom stereocenters. The molecular formula is C18H19F3N8. The van der Waals surface area contributed by atoms with Crippen LogP contribution in [-0.4, -0.2) is 55.9 Å². The molecule has 0 aliphatic carbocycles. The molecule has 5 heterocycles. The molecule has 2 fully saturated rings. The molecule has 0 atom stereocenters. The highest BCUT2D eigenvalue weighted by molar-refractivity contribution is 5.74. The predicted octanol–water partition coefficient (Wildman–Crippen LogP) is 2.20. The number of halogens is 3. The van der Waals surface area contributed by atoms with Gasteiger partial charge in [0, 0.05) is 50.9 Å². The zero-order valence-electron chi connectivity index (χ0n) is 16.0. The van der Waals surface area contributed by atoms with Crippen LogP contribution in [-0.2, 0) is 13.2 Å². The number of nitrogens with zero attached hydrogens (tertiary/aromatic N) is 8. The second-order valence-electron chi connectivity index (χ2n) is 7.90. The standard InChI is InChI=1S/C18H19F3N8/c1-11-24-13(18(19,20)21)5-14(25-11)29-9-17(10-29)3-4-28(8-17)16-22-6-12-7-23-27(2)15(12)26-16/h5-7H,3-4,8-10H2,1-2H3. The molecule has 5 rings (SSSR count). The third-order valence-corrected chi connectivity index (χ3v) is 5.67. The maximum Gasteiger partial charge on any atom is 0.433 e. The van der Waals surface area contributed by atoms with E-state index in [1.54, 1.807) is 17.1 Å². The van der Waals surface area contributed by atoms with Gasteiger partial charge in [-0.2, -0.15) is 23.3 Å². The SMILES string of the molecule is Cc1nc(N2CC3(CCN(c4ncc5cnn(C)c5n4)C3)C2)cc(C(F)(F)F)n1. The second-order valence-corrected chi connectivity index (χ2v) is 7.90. The molecule has 0 saturated carbocycles. The van der Waals surface area contributed by atoms with Crippen molar-refractivity contribution in [1.82, 2.24) is 29.7 Å². The molecule has 2 saturated heterocycles. The summed E-state index contributed by atoms with van der Waals surface area (Å²) in [7, 11) is 1.84. The van der Waals surface area contributed by atoms with Gasteiger partial charge in [0.2, 0.25) is 5.95 Å². The molecule has 0 bridgehead atoms. The Morgan fingerprint density at radius 1 is 1.03 bits per heavy atom. The van der Waals surface area contributed by atoms with E-state index in [0.29, 0.717) is 24.9 Å². The van der Waals surface area contributed by atoms with Gasteiger partial charge in [0.25, 0.3) is 0 Å². The van der Waals surface area contributed by atoms with E-state index in [-0.39, 0.29) is 11.2 Å². The summed E-state index contributed by atoms with van der Waals surface area (Å²) < 4.78 is 40.9. The van der Waals surface area contributed by atoms with E-state index in [4.69, 9.17) is 0 Å². The Morgan fingerprint density at radius 3 is 2.55 bits per heavy atom.